The van der Waals surface area contributed by atoms with Gasteiger partial charge < -0.3 is 21.4 Å². The van der Waals surface area contributed by atoms with Crippen LogP contribution in [0.15, 0.2) is 116 Å². The van der Waals surface area contributed by atoms with Gasteiger partial charge in [0, 0.05) is 53.9 Å². The van der Waals surface area contributed by atoms with Crippen LogP contribution in [0.3, 0.4) is 0 Å². The second-order valence-electron chi connectivity index (χ2n) is 22.6. The van der Waals surface area contributed by atoms with E-state index >= 15 is 0 Å². The topological polar surface area (TPSA) is 211 Å². The van der Waals surface area contributed by atoms with Crippen molar-refractivity contribution in [3.63, 3.8) is 0 Å². The fourth-order valence-corrected chi connectivity index (χ4v) is 14.3. The van der Waals surface area contributed by atoms with Gasteiger partial charge in [-0.3, -0.25) is 9.13 Å². The third-order valence-electron chi connectivity index (χ3n) is 17.1. The van der Waals surface area contributed by atoms with Gasteiger partial charge in [0.2, 0.25) is 11.9 Å². The normalized spacial score (nSPS) is 17.9. The van der Waals surface area contributed by atoms with Gasteiger partial charge in [0.25, 0.3) is 0 Å². The maximum atomic E-state index is 15.0. The van der Waals surface area contributed by atoms with Gasteiger partial charge in [-0.2, -0.15) is 9.13 Å². The fraction of sp³-hybridized carbons (Fsp3) is 0.361. The maximum Gasteiger partial charge on any atom is 0.333 e. The number of hydrogen-bond acceptors (Lipinski definition) is 12. The Morgan fingerprint density at radius 2 is 1.01 bits per heavy atom. The van der Waals surface area contributed by atoms with Gasteiger partial charge in [-0.1, -0.05) is 32.1 Å². The molecule has 1 aliphatic heterocycles. The first-order chi connectivity index (χ1) is 40.6. The van der Waals surface area contributed by atoms with E-state index in [9.17, 15) is 30.4 Å². The molecule has 4 aliphatic rings. The number of imidazole rings is 3. The molecule has 3 aromatic carbocycles. The van der Waals surface area contributed by atoms with Crippen molar-refractivity contribution in [2.45, 2.75) is 126 Å². The van der Waals surface area contributed by atoms with Crippen molar-refractivity contribution in [2.24, 2.45) is 0 Å². The molecule has 9 aromatic rings. The van der Waals surface area contributed by atoms with E-state index in [1.165, 1.54) is 42.6 Å². The molecule has 432 valence electrons. The highest BCUT2D eigenvalue weighted by Crippen LogP contribution is 2.45. The van der Waals surface area contributed by atoms with E-state index < -0.39 is 33.4 Å². The summed E-state index contributed by atoms with van der Waals surface area (Å²) in [6, 6.07) is 22.7. The van der Waals surface area contributed by atoms with Crippen molar-refractivity contribution < 1.29 is 39.5 Å². The van der Waals surface area contributed by atoms with E-state index in [0.717, 1.165) is 69.0 Å². The van der Waals surface area contributed by atoms with Crippen molar-refractivity contribution in [2.75, 3.05) is 28.3 Å². The second kappa shape index (κ2) is 22.3. The Kier molecular flexibility index (Phi) is 14.5. The lowest BCUT2D eigenvalue weighted by atomic mass is 9.91. The molecule has 4 fully saturated rings. The van der Waals surface area contributed by atoms with Crippen molar-refractivity contribution in [1.82, 2.24) is 48.6 Å². The molecule has 1 saturated heterocycles. The van der Waals surface area contributed by atoms with Gasteiger partial charge in [0.1, 0.15) is 40.2 Å². The number of rotatable bonds is 13. The summed E-state index contributed by atoms with van der Waals surface area (Å²) in [5, 5.41) is 3.68. The molecule has 0 atom stereocenters. The second-order valence-corrected chi connectivity index (χ2v) is 24.9. The molecule has 0 amide bonds. The van der Waals surface area contributed by atoms with Crippen LogP contribution in [0.2, 0.25) is 0 Å². The Bertz CT molecular complexity index is 4000. The SMILES string of the molecule is Nc1nccc(-c2c(-c3ccc(F)cc3)nc(-[n+]3ccc(-c4c(-c5ccc(F)cc5)nc(-[n+]5ccc(-c6c(-c7ccc(F)cc7)ncn6C6CCCCC6)nc5NC5CCS(=O)(=O)CC5)n4C4CCCC4)nc3N)n2C2CCC(F)(F)CC2)n1. The average Bonchev–Trinajstić information content (AvgIpc) is 1.98. The minimum atomic E-state index is -3.24. The van der Waals surface area contributed by atoms with Crippen molar-refractivity contribution in [3.05, 3.63) is 133 Å². The summed E-state index contributed by atoms with van der Waals surface area (Å²) in [5.74, 6) is -3.08. The molecule has 0 unspecified atom stereocenters. The number of nitrogens with one attached hydrogen (secondary N) is 1. The summed E-state index contributed by atoms with van der Waals surface area (Å²) in [4.78, 5) is 35.0. The van der Waals surface area contributed by atoms with Crippen molar-refractivity contribution in [3.8, 4) is 79.8 Å². The molecule has 84 heavy (non-hydrogen) atoms. The third-order valence-corrected chi connectivity index (χ3v) is 18.8. The first-order valence-electron chi connectivity index (χ1n) is 28.8. The largest absolute Gasteiger partial charge is 0.368 e. The minimum absolute atomic E-state index is 0.00510. The molecular weight excluding hydrogens is 1100 g/mol. The number of benzene rings is 3. The zero-order valence-electron chi connectivity index (χ0n) is 45.9. The Morgan fingerprint density at radius 3 is 1.57 bits per heavy atom. The summed E-state index contributed by atoms with van der Waals surface area (Å²) in [6.07, 6.45) is 15.7. The van der Waals surface area contributed by atoms with Gasteiger partial charge in [-0.05, 0) is 130 Å². The van der Waals surface area contributed by atoms with Gasteiger partial charge in [-0.25, -0.2) is 45.3 Å². The lowest BCUT2D eigenvalue weighted by Crippen LogP contribution is -2.43. The molecule has 3 aliphatic carbocycles. The van der Waals surface area contributed by atoms with Crippen LogP contribution in [-0.4, -0.2) is 80.5 Å². The summed E-state index contributed by atoms with van der Waals surface area (Å²) < 4.78 is 109. The van der Waals surface area contributed by atoms with Gasteiger partial charge >= 0.3 is 23.8 Å². The van der Waals surface area contributed by atoms with Gasteiger partial charge in [0.15, 0.2) is 32.6 Å². The summed E-state index contributed by atoms with van der Waals surface area (Å²) in [7, 11) is -3.24. The predicted octanol–water partition coefficient (Wildman–Crippen LogP) is 11.4. The van der Waals surface area contributed by atoms with Crippen LogP contribution in [0.25, 0.3) is 79.8 Å². The van der Waals surface area contributed by atoms with E-state index in [-0.39, 0.29) is 79.0 Å². The van der Waals surface area contributed by atoms with Crippen molar-refractivity contribution >= 4 is 27.7 Å². The highest BCUT2D eigenvalue weighted by atomic mass is 32.2. The van der Waals surface area contributed by atoms with Crippen LogP contribution >= 0.6 is 0 Å². The third kappa shape index (κ3) is 10.8. The molecule has 13 rings (SSSR count). The fourth-order valence-electron chi connectivity index (χ4n) is 12.8. The quantitative estimate of drug-likeness (QED) is 0.0727. The Balaban J connectivity index is 1.01. The maximum absolute atomic E-state index is 15.0. The molecule has 7 heterocycles. The van der Waals surface area contributed by atoms with E-state index in [1.54, 1.807) is 59.3 Å². The number of sulfone groups is 1. The molecule has 5 N–H and O–H groups in total. The van der Waals surface area contributed by atoms with Gasteiger partial charge in [0.05, 0.1) is 54.0 Å². The Morgan fingerprint density at radius 1 is 0.524 bits per heavy atom. The zero-order valence-corrected chi connectivity index (χ0v) is 46.8. The van der Waals surface area contributed by atoms with Crippen LogP contribution in [0, 0.1) is 17.5 Å². The number of halogens is 5. The lowest BCUT2D eigenvalue weighted by Gasteiger charge is -2.29. The highest BCUT2D eigenvalue weighted by molar-refractivity contribution is 7.91. The number of hydrogen-bond donors (Lipinski definition) is 3. The smallest absolute Gasteiger partial charge is 0.333 e. The highest BCUT2D eigenvalue weighted by Gasteiger charge is 2.42. The van der Waals surface area contributed by atoms with Crippen LogP contribution in [0.5, 0.6) is 0 Å². The minimum Gasteiger partial charge on any atom is -0.368 e. The Hall–Kier alpha value is -8.47. The molecule has 0 radical (unpaired) electrons. The van der Waals surface area contributed by atoms with Crippen LogP contribution in [0.4, 0.5) is 39.8 Å². The molecule has 0 bridgehead atoms. The number of nitrogens with two attached hydrogens (primary N) is 2. The predicted molar refractivity (Wildman–Crippen MR) is 307 cm³/mol. The summed E-state index contributed by atoms with van der Waals surface area (Å²) in [5.41, 5.74) is 19.8. The van der Waals surface area contributed by atoms with E-state index in [4.69, 9.17) is 36.4 Å². The van der Waals surface area contributed by atoms with Gasteiger partial charge in [-0.15, -0.1) is 19.9 Å². The standard InChI is InChI=1S/C61H60F5N15O2S/c62-40-16-10-37(11-17-40)50-53(79(36-70-50)44-6-2-1-3-7-44)48-26-33-78(58(74-48)71-43-27-34-84(82,83)35-28-43)60-76-52(39-14-20-42(64)21-15-39)55(80(60)45-8-4-5-9-45)49-25-32-77(57(68)73-49)59-75-51(38-12-18-41(63)19-13-38)54(47-24-31-69-56(67)72-47)81(59)46-22-29-61(65,66)30-23-46/h10-21,24-26,31-33,36,43-46,68H,1-9,22-23,27-30,34-35H2,(H2,67,69,72)/p+2. The molecule has 3 saturated carbocycles. The molecule has 23 heteroatoms. The van der Waals surface area contributed by atoms with E-state index in [0.29, 0.717) is 81.4 Å². The average molecular weight is 1160 g/mol. The molecule has 17 nitrogen and oxygen atoms in total. The number of aromatic nitrogens is 12. The zero-order chi connectivity index (χ0) is 57.9. The molecule has 6 aromatic heterocycles. The molecule has 0 spiro atoms. The van der Waals surface area contributed by atoms with Crippen LogP contribution < -0.4 is 25.9 Å². The number of nitrogens with zero attached hydrogens (tertiary/aromatic N) is 12. The summed E-state index contributed by atoms with van der Waals surface area (Å²) >= 11 is 0. The number of nitrogen functional groups attached to an aromatic ring is 2. The molecular formula is C61H62F5N15O2S+2. The monoisotopic (exact) mass is 1160 g/mol. The Labute approximate surface area is 481 Å². The van der Waals surface area contributed by atoms with Crippen LogP contribution in [0.1, 0.15) is 114 Å². The number of anilines is 3. The summed E-state index contributed by atoms with van der Waals surface area (Å²) in [6.45, 7) is 0. The first kappa shape index (κ1) is 54.8. The first-order valence-corrected chi connectivity index (χ1v) is 30.6. The van der Waals surface area contributed by atoms with Crippen molar-refractivity contribution in [1.29, 1.82) is 0 Å². The lowest BCUT2D eigenvalue weighted by molar-refractivity contribution is -0.593. The number of alkyl halides is 2. The van der Waals surface area contributed by atoms with E-state index in [1.807, 2.05) is 27.7 Å². The van der Waals surface area contributed by atoms with E-state index in [2.05, 4.69) is 24.4 Å². The van der Waals surface area contributed by atoms with Crippen LogP contribution in [-0.2, 0) is 9.84 Å².